The van der Waals surface area contributed by atoms with Crippen LogP contribution in [-0.2, 0) is 4.74 Å². The van der Waals surface area contributed by atoms with Crippen LogP contribution in [-0.4, -0.2) is 27.2 Å². The van der Waals surface area contributed by atoms with Crippen LogP contribution in [0.15, 0.2) is 41.3 Å². The smallest absolute Gasteiger partial charge is 0.343 e. The minimum atomic E-state index is -0.429. The number of esters is 1. The van der Waals surface area contributed by atoms with Crippen molar-refractivity contribution >= 4 is 11.6 Å². The van der Waals surface area contributed by atoms with E-state index in [0.29, 0.717) is 23.6 Å². The van der Waals surface area contributed by atoms with Crippen molar-refractivity contribution in [1.29, 1.82) is 0 Å². The first-order chi connectivity index (χ1) is 9.31. The van der Waals surface area contributed by atoms with Crippen LogP contribution in [0.2, 0.25) is 0 Å². The van der Waals surface area contributed by atoms with Crippen molar-refractivity contribution in [3.63, 3.8) is 0 Å². The number of aromatic nitrogens is 3. The van der Waals surface area contributed by atoms with Gasteiger partial charge in [0.25, 0.3) is 0 Å². The molecule has 0 unspecified atom stereocenters. The van der Waals surface area contributed by atoms with Gasteiger partial charge in [-0.15, -0.1) is 0 Å². The number of fused-ring (bicyclic) bond motifs is 1. The minimum absolute atomic E-state index is 0.314. The molecular formula is C13H11N3O3. The van der Waals surface area contributed by atoms with Gasteiger partial charge < -0.3 is 9.15 Å². The Morgan fingerprint density at radius 1 is 1.47 bits per heavy atom. The maximum atomic E-state index is 11.8. The lowest BCUT2D eigenvalue weighted by Crippen LogP contribution is -2.05. The fourth-order valence-corrected chi connectivity index (χ4v) is 1.86. The van der Waals surface area contributed by atoms with E-state index in [9.17, 15) is 4.79 Å². The quantitative estimate of drug-likeness (QED) is 0.672. The molecule has 0 aliphatic carbocycles. The third kappa shape index (κ3) is 1.87. The maximum absolute atomic E-state index is 11.8. The number of carbonyl (C=O) groups excluding carboxylic acids is 1. The zero-order valence-electron chi connectivity index (χ0n) is 10.2. The normalized spacial score (nSPS) is 10.8. The van der Waals surface area contributed by atoms with Crippen LogP contribution in [0.1, 0.15) is 17.3 Å². The lowest BCUT2D eigenvalue weighted by atomic mass is 10.3. The van der Waals surface area contributed by atoms with Crippen molar-refractivity contribution in [1.82, 2.24) is 14.6 Å². The third-order valence-corrected chi connectivity index (χ3v) is 2.67. The summed E-state index contributed by atoms with van der Waals surface area (Å²) in [6.07, 6.45) is 4.64. The molecule has 0 aliphatic rings. The molecule has 0 fully saturated rings. The van der Waals surface area contributed by atoms with Gasteiger partial charge in [-0.1, -0.05) is 0 Å². The predicted molar refractivity (Wildman–Crippen MR) is 66.6 cm³/mol. The Kier molecular flexibility index (Phi) is 2.75. The molecule has 19 heavy (non-hydrogen) atoms. The first-order valence-corrected chi connectivity index (χ1v) is 5.85. The summed E-state index contributed by atoms with van der Waals surface area (Å²) < 4.78 is 11.9. The second-order valence-electron chi connectivity index (χ2n) is 3.82. The van der Waals surface area contributed by atoms with Crippen molar-refractivity contribution in [2.45, 2.75) is 6.92 Å². The van der Waals surface area contributed by atoms with E-state index < -0.39 is 5.97 Å². The number of ether oxygens (including phenoxy) is 1. The van der Waals surface area contributed by atoms with Crippen LogP contribution in [0, 0.1) is 0 Å². The average Bonchev–Trinajstić information content (AvgIpc) is 3.08. The first-order valence-electron chi connectivity index (χ1n) is 5.85. The van der Waals surface area contributed by atoms with Gasteiger partial charge >= 0.3 is 5.97 Å². The fourth-order valence-electron chi connectivity index (χ4n) is 1.86. The van der Waals surface area contributed by atoms with Crippen molar-refractivity contribution in [3.8, 4) is 11.5 Å². The molecule has 0 saturated carbocycles. The summed E-state index contributed by atoms with van der Waals surface area (Å²) >= 11 is 0. The Labute approximate surface area is 108 Å². The summed E-state index contributed by atoms with van der Waals surface area (Å²) in [5.41, 5.74) is 1.52. The van der Waals surface area contributed by atoms with Crippen LogP contribution >= 0.6 is 0 Å². The molecule has 3 rings (SSSR count). The number of hydrogen-bond donors (Lipinski definition) is 0. The maximum Gasteiger partial charge on any atom is 0.343 e. The Morgan fingerprint density at radius 3 is 3.11 bits per heavy atom. The van der Waals surface area contributed by atoms with Gasteiger partial charge in [-0.2, -0.15) is 5.10 Å². The number of nitrogens with zero attached hydrogens (tertiary/aromatic N) is 3. The molecule has 0 atom stereocenters. The van der Waals surface area contributed by atoms with E-state index in [1.807, 2.05) is 6.07 Å². The molecule has 0 spiro atoms. The highest BCUT2D eigenvalue weighted by Crippen LogP contribution is 2.21. The summed E-state index contributed by atoms with van der Waals surface area (Å²) in [5, 5.41) is 4.17. The molecule has 3 aromatic rings. The summed E-state index contributed by atoms with van der Waals surface area (Å²) in [6.45, 7) is 2.07. The van der Waals surface area contributed by atoms with Gasteiger partial charge in [0.05, 0.1) is 19.1 Å². The first kappa shape index (κ1) is 11.5. The zero-order chi connectivity index (χ0) is 13.2. The lowest BCUT2D eigenvalue weighted by Gasteiger charge is -2.02. The van der Waals surface area contributed by atoms with Gasteiger partial charge in [0.2, 0.25) is 0 Å². The number of carbonyl (C=O) groups is 1. The van der Waals surface area contributed by atoms with Crippen molar-refractivity contribution < 1.29 is 13.9 Å². The molecule has 0 N–H and O–H groups in total. The summed E-state index contributed by atoms with van der Waals surface area (Å²) in [7, 11) is 0. The van der Waals surface area contributed by atoms with Crippen LogP contribution < -0.4 is 0 Å². The molecule has 0 bridgehead atoms. The molecule has 3 aromatic heterocycles. The van der Waals surface area contributed by atoms with E-state index in [1.54, 1.807) is 36.0 Å². The third-order valence-electron chi connectivity index (χ3n) is 2.67. The fraction of sp³-hybridized carbons (Fsp3) is 0.154. The van der Waals surface area contributed by atoms with Crippen molar-refractivity contribution in [3.05, 3.63) is 42.4 Å². The topological polar surface area (TPSA) is 69.6 Å². The summed E-state index contributed by atoms with van der Waals surface area (Å²) in [6, 6.07) is 5.38. The standard InChI is InChI=1S/C13H11N3O3/c1-2-18-13(17)9-8-15-16-10(5-6-14-12(9)16)11-4-3-7-19-11/h3-8H,2H2,1H3. The molecule has 0 saturated heterocycles. The second kappa shape index (κ2) is 4.56. The highest BCUT2D eigenvalue weighted by molar-refractivity contribution is 5.95. The highest BCUT2D eigenvalue weighted by Gasteiger charge is 2.17. The van der Waals surface area contributed by atoms with E-state index in [2.05, 4.69) is 10.1 Å². The van der Waals surface area contributed by atoms with E-state index in [4.69, 9.17) is 9.15 Å². The van der Waals surface area contributed by atoms with E-state index in [0.717, 1.165) is 5.69 Å². The van der Waals surface area contributed by atoms with Crippen LogP contribution in [0.25, 0.3) is 17.1 Å². The molecule has 96 valence electrons. The van der Waals surface area contributed by atoms with Gasteiger partial charge in [0.15, 0.2) is 11.4 Å². The van der Waals surface area contributed by atoms with Crippen LogP contribution in [0.4, 0.5) is 0 Å². The molecule has 6 nitrogen and oxygen atoms in total. The predicted octanol–water partition coefficient (Wildman–Crippen LogP) is 2.17. The summed E-state index contributed by atoms with van der Waals surface area (Å²) in [5.74, 6) is 0.229. The second-order valence-corrected chi connectivity index (χ2v) is 3.82. The molecular weight excluding hydrogens is 246 g/mol. The van der Waals surface area contributed by atoms with Crippen LogP contribution in [0.5, 0.6) is 0 Å². The largest absolute Gasteiger partial charge is 0.463 e. The molecule has 0 amide bonds. The molecule has 6 heteroatoms. The minimum Gasteiger partial charge on any atom is -0.463 e. The van der Waals surface area contributed by atoms with Crippen molar-refractivity contribution in [2.24, 2.45) is 0 Å². The van der Waals surface area contributed by atoms with E-state index in [-0.39, 0.29) is 0 Å². The Morgan fingerprint density at radius 2 is 2.37 bits per heavy atom. The van der Waals surface area contributed by atoms with Gasteiger partial charge in [0.1, 0.15) is 11.3 Å². The van der Waals surface area contributed by atoms with Gasteiger partial charge in [-0.3, -0.25) is 0 Å². The lowest BCUT2D eigenvalue weighted by molar-refractivity contribution is 0.0528. The molecule has 0 aliphatic heterocycles. The van der Waals surface area contributed by atoms with E-state index in [1.165, 1.54) is 6.20 Å². The van der Waals surface area contributed by atoms with Crippen LogP contribution in [0.3, 0.4) is 0 Å². The van der Waals surface area contributed by atoms with Gasteiger partial charge in [-0.05, 0) is 25.1 Å². The van der Waals surface area contributed by atoms with Gasteiger partial charge in [0, 0.05) is 6.20 Å². The van der Waals surface area contributed by atoms with Gasteiger partial charge in [-0.25, -0.2) is 14.3 Å². The molecule has 0 radical (unpaired) electrons. The zero-order valence-corrected chi connectivity index (χ0v) is 10.2. The average molecular weight is 257 g/mol. The number of rotatable bonds is 3. The number of hydrogen-bond acceptors (Lipinski definition) is 5. The van der Waals surface area contributed by atoms with E-state index >= 15 is 0 Å². The monoisotopic (exact) mass is 257 g/mol. The van der Waals surface area contributed by atoms with Crippen molar-refractivity contribution in [2.75, 3.05) is 6.61 Å². The Hall–Kier alpha value is -2.63. The number of furan rings is 1. The Bertz CT molecular complexity index is 716. The molecule has 3 heterocycles. The SMILES string of the molecule is CCOC(=O)c1cnn2c(-c3ccco3)ccnc12. The highest BCUT2D eigenvalue weighted by atomic mass is 16.5. The molecule has 0 aromatic carbocycles. The Balaban J connectivity index is 2.16. The summed E-state index contributed by atoms with van der Waals surface area (Å²) in [4.78, 5) is 16.0.